The minimum atomic E-state index is -0.491. The number of carbonyl (C=O) groups is 1. The van der Waals surface area contributed by atoms with Crippen LogP contribution in [0.3, 0.4) is 0 Å². The molecule has 1 aromatic rings. The van der Waals surface area contributed by atoms with Crippen LogP contribution in [0.25, 0.3) is 0 Å². The molecule has 1 aromatic carbocycles. The number of benzene rings is 1. The smallest absolute Gasteiger partial charge is 0.407 e. The Bertz CT molecular complexity index is 544. The Morgan fingerprint density at radius 2 is 2.13 bits per heavy atom. The summed E-state index contributed by atoms with van der Waals surface area (Å²) in [7, 11) is 0. The van der Waals surface area contributed by atoms with Gasteiger partial charge in [0.15, 0.2) is 0 Å². The third-order valence-corrected chi connectivity index (χ3v) is 3.18. The highest BCUT2D eigenvalue weighted by molar-refractivity contribution is 5.67. The van der Waals surface area contributed by atoms with Crippen LogP contribution in [-0.2, 0) is 11.3 Å². The zero-order valence-electron chi connectivity index (χ0n) is 14.5. The maximum absolute atomic E-state index is 11.7. The van der Waals surface area contributed by atoms with Crippen LogP contribution >= 0.6 is 0 Å². The predicted octanol–water partition coefficient (Wildman–Crippen LogP) is 3.34. The monoisotopic (exact) mass is 317 g/mol. The van der Waals surface area contributed by atoms with Gasteiger partial charge in [-0.05, 0) is 44.9 Å². The molecule has 1 atom stereocenters. The number of ether oxygens (including phenoxy) is 1. The van der Waals surface area contributed by atoms with Crippen molar-refractivity contribution in [1.29, 1.82) is 5.26 Å². The Morgan fingerprint density at radius 1 is 1.39 bits per heavy atom. The molecule has 0 saturated carbocycles. The van der Waals surface area contributed by atoms with Crippen molar-refractivity contribution in [3.05, 3.63) is 35.4 Å². The highest BCUT2D eigenvalue weighted by atomic mass is 16.6. The van der Waals surface area contributed by atoms with Gasteiger partial charge in [-0.1, -0.05) is 25.5 Å². The number of hydrogen-bond donors (Lipinski definition) is 2. The zero-order valence-corrected chi connectivity index (χ0v) is 14.5. The second-order valence-electron chi connectivity index (χ2n) is 6.56. The summed E-state index contributed by atoms with van der Waals surface area (Å²) in [5, 5.41) is 15.2. The zero-order chi connectivity index (χ0) is 17.3. The lowest BCUT2D eigenvalue weighted by molar-refractivity contribution is 0.0521. The van der Waals surface area contributed by atoms with E-state index < -0.39 is 11.7 Å². The van der Waals surface area contributed by atoms with E-state index in [0.29, 0.717) is 18.7 Å². The number of alkyl carbamates (subject to hydrolysis) is 1. The minimum Gasteiger partial charge on any atom is -0.444 e. The minimum absolute atomic E-state index is 0.165. The van der Waals surface area contributed by atoms with Crippen molar-refractivity contribution in [3.8, 4) is 6.07 Å². The van der Waals surface area contributed by atoms with Crippen LogP contribution in [0.4, 0.5) is 4.79 Å². The molecule has 0 saturated heterocycles. The first-order chi connectivity index (χ1) is 10.8. The largest absolute Gasteiger partial charge is 0.444 e. The van der Waals surface area contributed by atoms with Crippen LogP contribution in [0.1, 0.15) is 51.7 Å². The average molecular weight is 317 g/mol. The summed E-state index contributed by atoms with van der Waals surface area (Å²) >= 11 is 0. The molecule has 0 aliphatic rings. The summed E-state index contributed by atoms with van der Waals surface area (Å²) in [5.41, 5.74) is 1.22. The highest BCUT2D eigenvalue weighted by Crippen LogP contribution is 2.07. The molecule has 23 heavy (non-hydrogen) atoms. The van der Waals surface area contributed by atoms with Crippen LogP contribution in [0.2, 0.25) is 0 Å². The van der Waals surface area contributed by atoms with Gasteiger partial charge in [-0.3, -0.25) is 0 Å². The summed E-state index contributed by atoms with van der Waals surface area (Å²) in [6, 6.07) is 9.83. The molecule has 0 bridgehead atoms. The summed E-state index contributed by atoms with van der Waals surface area (Å²) in [6.07, 6.45) is 1.58. The van der Waals surface area contributed by atoms with Gasteiger partial charge in [-0.2, -0.15) is 5.26 Å². The number of amides is 1. The maximum atomic E-state index is 11.7. The Hall–Kier alpha value is -2.06. The van der Waals surface area contributed by atoms with E-state index in [1.165, 1.54) is 0 Å². The van der Waals surface area contributed by atoms with Crippen molar-refractivity contribution < 1.29 is 9.53 Å². The van der Waals surface area contributed by atoms with E-state index in [1.807, 2.05) is 39.0 Å². The van der Waals surface area contributed by atoms with E-state index in [9.17, 15) is 4.79 Å². The van der Waals surface area contributed by atoms with Crippen LogP contribution < -0.4 is 10.6 Å². The van der Waals surface area contributed by atoms with Gasteiger partial charge >= 0.3 is 6.09 Å². The van der Waals surface area contributed by atoms with Gasteiger partial charge in [0, 0.05) is 19.1 Å². The standard InChI is InChI=1S/C18H27N3O2/c1-5-7-16(13-21-17(22)23-18(2,3)4)20-12-15-9-6-8-14(10-15)11-19/h6,8-10,16,20H,5,7,12-13H2,1-4H3,(H,21,22). The SMILES string of the molecule is CCCC(CNC(=O)OC(C)(C)C)NCc1cccc(C#N)c1. The normalized spacial score (nSPS) is 12.3. The summed E-state index contributed by atoms with van der Waals surface area (Å²) < 4.78 is 5.25. The van der Waals surface area contributed by atoms with Crippen LogP contribution in [0, 0.1) is 11.3 Å². The van der Waals surface area contributed by atoms with Gasteiger partial charge in [-0.15, -0.1) is 0 Å². The van der Waals surface area contributed by atoms with E-state index in [0.717, 1.165) is 18.4 Å². The van der Waals surface area contributed by atoms with Gasteiger partial charge in [-0.25, -0.2) is 4.79 Å². The topological polar surface area (TPSA) is 74.2 Å². The fourth-order valence-electron chi connectivity index (χ4n) is 2.16. The quantitative estimate of drug-likeness (QED) is 0.809. The number of nitriles is 1. The van der Waals surface area contributed by atoms with E-state index in [2.05, 4.69) is 23.6 Å². The Morgan fingerprint density at radius 3 is 2.74 bits per heavy atom. The van der Waals surface area contributed by atoms with Crippen molar-refractivity contribution in [1.82, 2.24) is 10.6 Å². The van der Waals surface area contributed by atoms with Crippen molar-refractivity contribution in [3.63, 3.8) is 0 Å². The number of nitrogens with zero attached hydrogens (tertiary/aromatic N) is 1. The molecule has 0 radical (unpaired) electrons. The lowest BCUT2D eigenvalue weighted by Crippen LogP contribution is -2.42. The predicted molar refractivity (Wildman–Crippen MR) is 90.9 cm³/mol. The number of hydrogen-bond acceptors (Lipinski definition) is 4. The molecule has 0 fully saturated rings. The number of carbonyl (C=O) groups excluding carboxylic acids is 1. The molecule has 1 amide bonds. The molecule has 126 valence electrons. The maximum Gasteiger partial charge on any atom is 0.407 e. The second-order valence-corrected chi connectivity index (χ2v) is 6.56. The Labute approximate surface area is 139 Å². The molecular formula is C18H27N3O2. The Kier molecular flexibility index (Phi) is 7.56. The number of nitrogens with one attached hydrogen (secondary N) is 2. The molecule has 5 nitrogen and oxygen atoms in total. The average Bonchev–Trinajstić information content (AvgIpc) is 2.48. The van der Waals surface area contributed by atoms with Crippen LogP contribution in [0.5, 0.6) is 0 Å². The second kappa shape index (κ2) is 9.16. The third-order valence-electron chi connectivity index (χ3n) is 3.18. The van der Waals surface area contributed by atoms with Gasteiger partial charge in [0.2, 0.25) is 0 Å². The summed E-state index contributed by atoms with van der Waals surface area (Å²) in [6.45, 7) is 8.82. The van der Waals surface area contributed by atoms with Crippen molar-refractivity contribution >= 4 is 6.09 Å². The lowest BCUT2D eigenvalue weighted by Gasteiger charge is -2.22. The molecular weight excluding hydrogens is 290 g/mol. The molecule has 0 heterocycles. The van der Waals surface area contributed by atoms with Crippen LogP contribution in [-0.4, -0.2) is 24.3 Å². The van der Waals surface area contributed by atoms with Gasteiger partial charge in [0.25, 0.3) is 0 Å². The third kappa shape index (κ3) is 8.22. The van der Waals surface area contributed by atoms with E-state index >= 15 is 0 Å². The molecule has 2 N–H and O–H groups in total. The van der Waals surface area contributed by atoms with E-state index in [1.54, 1.807) is 6.07 Å². The van der Waals surface area contributed by atoms with Gasteiger partial charge in [0.1, 0.15) is 5.60 Å². The van der Waals surface area contributed by atoms with Crippen molar-refractivity contribution in [2.45, 2.75) is 58.7 Å². The fraction of sp³-hybridized carbons (Fsp3) is 0.556. The van der Waals surface area contributed by atoms with Gasteiger partial charge in [0.05, 0.1) is 11.6 Å². The van der Waals surface area contributed by atoms with Crippen LogP contribution in [0.15, 0.2) is 24.3 Å². The van der Waals surface area contributed by atoms with Crippen molar-refractivity contribution in [2.24, 2.45) is 0 Å². The van der Waals surface area contributed by atoms with E-state index in [4.69, 9.17) is 10.00 Å². The Balaban J connectivity index is 2.48. The van der Waals surface area contributed by atoms with Gasteiger partial charge < -0.3 is 15.4 Å². The summed E-state index contributed by atoms with van der Waals surface area (Å²) in [5.74, 6) is 0. The molecule has 0 aliphatic heterocycles. The first kappa shape index (κ1) is 19.0. The first-order valence-electron chi connectivity index (χ1n) is 8.03. The molecule has 0 aliphatic carbocycles. The first-order valence-corrected chi connectivity index (χ1v) is 8.03. The molecule has 0 spiro atoms. The number of rotatable bonds is 7. The fourth-order valence-corrected chi connectivity index (χ4v) is 2.16. The lowest BCUT2D eigenvalue weighted by atomic mass is 10.1. The molecule has 0 aromatic heterocycles. The van der Waals surface area contributed by atoms with Crippen molar-refractivity contribution in [2.75, 3.05) is 6.54 Å². The summed E-state index contributed by atoms with van der Waals surface area (Å²) in [4.78, 5) is 11.7. The molecule has 1 rings (SSSR count). The highest BCUT2D eigenvalue weighted by Gasteiger charge is 2.17. The molecule has 1 unspecified atom stereocenters. The van der Waals surface area contributed by atoms with E-state index in [-0.39, 0.29) is 6.04 Å². The molecule has 5 heteroatoms.